The van der Waals surface area contributed by atoms with Crippen LogP contribution < -0.4 is 0 Å². The molecular weight excluding hydrogens is 374 g/mol. The number of aromatic nitrogens is 2. The highest BCUT2D eigenvalue weighted by Gasteiger charge is 2.23. The molecule has 0 N–H and O–H groups in total. The van der Waals surface area contributed by atoms with Gasteiger partial charge in [0.2, 0.25) is 21.7 Å². The summed E-state index contributed by atoms with van der Waals surface area (Å²) in [6.45, 7) is 1.97. The minimum absolute atomic E-state index is 0.00598. The van der Waals surface area contributed by atoms with Crippen LogP contribution in [0.2, 0.25) is 0 Å². The first kappa shape index (κ1) is 18.3. The Balaban J connectivity index is 1.57. The smallest absolute Gasteiger partial charge is 0.243 e. The van der Waals surface area contributed by atoms with E-state index < -0.39 is 10.0 Å². The Hall–Kier alpha value is -3.03. The fourth-order valence-electron chi connectivity index (χ4n) is 3.00. The number of aryl methyl sites for hydroxylation is 1. The molecule has 0 atom stereocenters. The molecule has 0 amide bonds. The van der Waals surface area contributed by atoms with E-state index in [9.17, 15) is 8.42 Å². The molecule has 28 heavy (non-hydrogen) atoms. The van der Waals surface area contributed by atoms with Crippen LogP contribution in [0.1, 0.15) is 11.5 Å². The maximum Gasteiger partial charge on any atom is 0.243 e. The lowest BCUT2D eigenvalue weighted by molar-refractivity contribution is 0.337. The van der Waals surface area contributed by atoms with Crippen molar-refractivity contribution < 1.29 is 12.9 Å². The van der Waals surface area contributed by atoms with Gasteiger partial charge in [0, 0.05) is 12.6 Å². The second-order valence-corrected chi connectivity index (χ2v) is 8.70. The highest BCUT2D eigenvalue weighted by atomic mass is 32.2. The SMILES string of the molecule is Cc1cccc(-c2noc(CN(C)S(=O)(=O)c3ccc4ccccc4c3)n2)c1. The number of hydrogen-bond acceptors (Lipinski definition) is 5. The Labute approximate surface area is 163 Å². The van der Waals surface area contributed by atoms with Crippen LogP contribution in [-0.4, -0.2) is 29.9 Å². The van der Waals surface area contributed by atoms with Gasteiger partial charge in [-0.25, -0.2) is 8.42 Å². The van der Waals surface area contributed by atoms with Gasteiger partial charge in [-0.2, -0.15) is 9.29 Å². The molecule has 0 unspecified atom stereocenters. The quantitative estimate of drug-likeness (QED) is 0.512. The summed E-state index contributed by atoms with van der Waals surface area (Å²) in [5.74, 6) is 0.679. The van der Waals surface area contributed by atoms with Crippen molar-refractivity contribution in [2.45, 2.75) is 18.4 Å². The Morgan fingerprint density at radius 2 is 1.75 bits per heavy atom. The number of nitrogens with zero attached hydrogens (tertiary/aromatic N) is 3. The number of sulfonamides is 1. The van der Waals surface area contributed by atoms with Gasteiger partial charge in [-0.15, -0.1) is 0 Å². The third kappa shape index (κ3) is 3.54. The molecule has 6 nitrogen and oxygen atoms in total. The van der Waals surface area contributed by atoms with Crippen LogP contribution in [-0.2, 0) is 16.6 Å². The molecule has 4 rings (SSSR count). The fraction of sp³-hybridized carbons (Fsp3) is 0.143. The highest BCUT2D eigenvalue weighted by Crippen LogP contribution is 2.23. The molecule has 0 aliphatic carbocycles. The van der Waals surface area contributed by atoms with Crippen LogP contribution in [0, 0.1) is 6.92 Å². The van der Waals surface area contributed by atoms with E-state index in [-0.39, 0.29) is 17.3 Å². The molecule has 0 saturated carbocycles. The van der Waals surface area contributed by atoms with Crippen LogP contribution in [0.25, 0.3) is 22.2 Å². The van der Waals surface area contributed by atoms with Crippen molar-refractivity contribution in [3.8, 4) is 11.4 Å². The molecule has 0 aliphatic rings. The molecule has 3 aromatic carbocycles. The second-order valence-electron chi connectivity index (χ2n) is 6.65. The third-order valence-corrected chi connectivity index (χ3v) is 6.33. The monoisotopic (exact) mass is 393 g/mol. The average molecular weight is 393 g/mol. The van der Waals surface area contributed by atoms with Crippen molar-refractivity contribution >= 4 is 20.8 Å². The lowest BCUT2D eigenvalue weighted by atomic mass is 10.1. The summed E-state index contributed by atoms with van der Waals surface area (Å²) in [7, 11) is -2.18. The van der Waals surface area contributed by atoms with Crippen molar-refractivity contribution in [3.05, 3.63) is 78.2 Å². The molecule has 1 heterocycles. The summed E-state index contributed by atoms with van der Waals surface area (Å²) in [6, 6.07) is 20.5. The van der Waals surface area contributed by atoms with Crippen molar-refractivity contribution in [1.29, 1.82) is 0 Å². The van der Waals surface area contributed by atoms with E-state index in [1.54, 1.807) is 18.2 Å². The molecule has 7 heteroatoms. The van der Waals surface area contributed by atoms with Gasteiger partial charge in [-0.3, -0.25) is 0 Å². The lowest BCUT2D eigenvalue weighted by Gasteiger charge is -2.15. The van der Waals surface area contributed by atoms with Gasteiger partial charge in [0.25, 0.3) is 0 Å². The van der Waals surface area contributed by atoms with Crippen LogP contribution in [0.3, 0.4) is 0 Å². The predicted molar refractivity (Wildman–Crippen MR) is 107 cm³/mol. The van der Waals surface area contributed by atoms with Gasteiger partial charge in [0.15, 0.2) is 0 Å². The summed E-state index contributed by atoms with van der Waals surface area (Å²) in [4.78, 5) is 4.56. The van der Waals surface area contributed by atoms with Crippen LogP contribution >= 0.6 is 0 Å². The molecule has 0 fully saturated rings. The van der Waals surface area contributed by atoms with Gasteiger partial charge in [0.1, 0.15) is 0 Å². The maximum atomic E-state index is 12.9. The predicted octanol–water partition coefficient (Wildman–Crippen LogP) is 4.02. The summed E-state index contributed by atoms with van der Waals surface area (Å²) < 4.78 is 32.4. The van der Waals surface area contributed by atoms with Gasteiger partial charge < -0.3 is 4.52 Å². The van der Waals surface area contributed by atoms with E-state index in [0.717, 1.165) is 21.9 Å². The first-order valence-electron chi connectivity index (χ1n) is 8.78. The maximum absolute atomic E-state index is 12.9. The Bertz CT molecular complexity index is 1250. The van der Waals surface area contributed by atoms with Crippen molar-refractivity contribution in [1.82, 2.24) is 14.4 Å². The zero-order chi connectivity index (χ0) is 19.7. The largest absolute Gasteiger partial charge is 0.338 e. The topological polar surface area (TPSA) is 76.3 Å². The minimum atomic E-state index is -3.69. The zero-order valence-electron chi connectivity index (χ0n) is 15.5. The molecular formula is C21H19N3O3S. The molecule has 1 aromatic heterocycles. The van der Waals surface area contributed by atoms with Crippen molar-refractivity contribution in [2.75, 3.05) is 7.05 Å². The molecule has 0 aliphatic heterocycles. The first-order valence-corrected chi connectivity index (χ1v) is 10.2. The average Bonchev–Trinajstić information content (AvgIpc) is 3.16. The third-order valence-electron chi connectivity index (χ3n) is 4.53. The van der Waals surface area contributed by atoms with Gasteiger partial charge in [-0.1, -0.05) is 59.3 Å². The van der Waals surface area contributed by atoms with E-state index in [1.807, 2.05) is 55.5 Å². The molecule has 0 saturated heterocycles. The van der Waals surface area contributed by atoms with Crippen LogP contribution in [0.15, 0.2) is 76.1 Å². The van der Waals surface area contributed by atoms with E-state index in [0.29, 0.717) is 5.82 Å². The summed E-state index contributed by atoms with van der Waals surface area (Å²) in [5.41, 5.74) is 1.91. The highest BCUT2D eigenvalue weighted by molar-refractivity contribution is 7.89. The van der Waals surface area contributed by atoms with E-state index in [4.69, 9.17) is 4.52 Å². The summed E-state index contributed by atoms with van der Waals surface area (Å²) >= 11 is 0. The fourth-order valence-corrected chi connectivity index (χ4v) is 4.16. The zero-order valence-corrected chi connectivity index (χ0v) is 16.3. The van der Waals surface area contributed by atoms with Gasteiger partial charge in [0.05, 0.1) is 11.4 Å². The van der Waals surface area contributed by atoms with Crippen LogP contribution in [0.5, 0.6) is 0 Å². The van der Waals surface area contributed by atoms with Crippen LogP contribution in [0.4, 0.5) is 0 Å². The summed E-state index contributed by atoms with van der Waals surface area (Å²) in [6.07, 6.45) is 0. The lowest BCUT2D eigenvalue weighted by Crippen LogP contribution is -2.26. The molecule has 142 valence electrons. The normalized spacial score (nSPS) is 12.0. The molecule has 0 spiro atoms. The van der Waals surface area contributed by atoms with E-state index >= 15 is 0 Å². The van der Waals surface area contributed by atoms with E-state index in [2.05, 4.69) is 10.1 Å². The summed E-state index contributed by atoms with van der Waals surface area (Å²) in [5, 5.41) is 5.83. The molecule has 0 radical (unpaired) electrons. The number of fused-ring (bicyclic) bond motifs is 1. The van der Waals surface area contributed by atoms with Gasteiger partial charge in [-0.05, 0) is 35.9 Å². The number of rotatable bonds is 5. The minimum Gasteiger partial charge on any atom is -0.338 e. The first-order chi connectivity index (χ1) is 13.4. The van der Waals surface area contributed by atoms with Crippen molar-refractivity contribution in [2.24, 2.45) is 0 Å². The number of benzene rings is 3. The molecule has 0 bridgehead atoms. The Kier molecular flexibility index (Phi) is 4.70. The molecule has 4 aromatic rings. The standard InChI is InChI=1S/C21H19N3O3S/c1-15-6-5-9-18(12-15)21-22-20(27-23-21)14-24(2)28(25,26)19-11-10-16-7-3-4-8-17(16)13-19/h3-13H,14H2,1-2H3. The van der Waals surface area contributed by atoms with Gasteiger partial charge >= 0.3 is 0 Å². The second kappa shape index (κ2) is 7.18. The Morgan fingerprint density at radius 1 is 0.964 bits per heavy atom. The van der Waals surface area contributed by atoms with E-state index in [1.165, 1.54) is 11.4 Å². The Morgan fingerprint density at radius 3 is 2.54 bits per heavy atom. The van der Waals surface area contributed by atoms with Crippen molar-refractivity contribution in [3.63, 3.8) is 0 Å². The number of hydrogen-bond donors (Lipinski definition) is 0.